The second kappa shape index (κ2) is 6.14. The van der Waals surface area contributed by atoms with Crippen LogP contribution in [0.1, 0.15) is 13.8 Å². The zero-order chi connectivity index (χ0) is 17.4. The highest BCUT2D eigenvalue weighted by Crippen LogP contribution is 2.38. The normalized spacial score (nSPS) is 21.1. The molecule has 24 heavy (non-hydrogen) atoms. The highest BCUT2D eigenvalue weighted by Gasteiger charge is 2.50. The summed E-state index contributed by atoms with van der Waals surface area (Å²) in [5.74, 6) is 0.715. The number of carbonyl (C=O) groups is 1. The Balaban J connectivity index is 1.58. The molecule has 0 aliphatic carbocycles. The summed E-state index contributed by atoms with van der Waals surface area (Å²) >= 11 is 0. The van der Waals surface area contributed by atoms with E-state index in [0.29, 0.717) is 43.5 Å². The molecule has 1 aromatic carbocycles. The van der Waals surface area contributed by atoms with Gasteiger partial charge in [-0.1, -0.05) is 0 Å². The maximum absolute atomic E-state index is 12.4. The zero-order valence-electron chi connectivity index (χ0n) is 14.5. The minimum absolute atomic E-state index is 0.0844. The molecular weight excluding hydrogens is 312 g/mol. The Kier molecular flexibility index (Phi) is 4.31. The molecule has 2 aliphatic heterocycles. The van der Waals surface area contributed by atoms with E-state index in [1.165, 1.54) is 0 Å². The summed E-state index contributed by atoms with van der Waals surface area (Å²) in [6.45, 7) is 6.26. The summed E-state index contributed by atoms with van der Waals surface area (Å²) in [4.78, 5) is 14.1. The number of hydrogen-bond acceptors (Lipinski definition) is 5. The fourth-order valence-corrected chi connectivity index (χ4v) is 2.91. The standard InChI is InChI=1S/C17H24N2O5/c1-16(2)23-10-17(11-24-16)8-19(9-17)15(20)18-12-5-13(21-3)7-14(6-12)22-4/h5-7H,8-11H2,1-4H3,(H,18,20). The van der Waals surface area contributed by atoms with Gasteiger partial charge in [0.2, 0.25) is 0 Å². The molecule has 7 heteroatoms. The third-order valence-corrected chi connectivity index (χ3v) is 4.39. The first-order chi connectivity index (χ1) is 11.3. The molecule has 0 bridgehead atoms. The number of rotatable bonds is 3. The van der Waals surface area contributed by atoms with Crippen molar-refractivity contribution in [2.24, 2.45) is 5.41 Å². The van der Waals surface area contributed by atoms with E-state index in [0.717, 1.165) is 0 Å². The number of ether oxygens (including phenoxy) is 4. The Morgan fingerprint density at radius 1 is 1.08 bits per heavy atom. The lowest BCUT2D eigenvalue weighted by atomic mass is 9.81. The first kappa shape index (κ1) is 16.9. The van der Waals surface area contributed by atoms with Crippen molar-refractivity contribution in [2.45, 2.75) is 19.6 Å². The Labute approximate surface area is 141 Å². The largest absolute Gasteiger partial charge is 0.497 e. The topological polar surface area (TPSA) is 69.3 Å². The maximum atomic E-state index is 12.4. The Morgan fingerprint density at radius 3 is 2.12 bits per heavy atom. The van der Waals surface area contributed by atoms with Gasteiger partial charge >= 0.3 is 6.03 Å². The molecule has 0 atom stereocenters. The average Bonchev–Trinajstić information content (AvgIpc) is 2.52. The Hall–Kier alpha value is -1.99. The lowest BCUT2D eigenvalue weighted by Gasteiger charge is -2.53. The summed E-state index contributed by atoms with van der Waals surface area (Å²) in [6.07, 6.45) is 0. The van der Waals surface area contributed by atoms with Gasteiger partial charge in [0.05, 0.1) is 32.8 Å². The molecule has 2 heterocycles. The number of amides is 2. The summed E-state index contributed by atoms with van der Waals surface area (Å²) in [7, 11) is 3.15. The number of methoxy groups -OCH3 is 2. The van der Waals surface area contributed by atoms with E-state index < -0.39 is 5.79 Å². The molecule has 132 valence electrons. The molecule has 1 aromatic rings. The van der Waals surface area contributed by atoms with Crippen LogP contribution in [0.15, 0.2) is 18.2 Å². The molecule has 0 aromatic heterocycles. The smallest absolute Gasteiger partial charge is 0.321 e. The van der Waals surface area contributed by atoms with Crippen LogP contribution < -0.4 is 14.8 Å². The molecule has 7 nitrogen and oxygen atoms in total. The van der Waals surface area contributed by atoms with Crippen LogP contribution in [0.4, 0.5) is 10.5 Å². The zero-order valence-corrected chi connectivity index (χ0v) is 14.5. The number of anilines is 1. The van der Waals surface area contributed by atoms with Gasteiger partial charge < -0.3 is 29.2 Å². The predicted octanol–water partition coefficient (Wildman–Crippen LogP) is 2.32. The molecule has 2 saturated heterocycles. The third-order valence-electron chi connectivity index (χ3n) is 4.39. The van der Waals surface area contributed by atoms with E-state index in [1.807, 2.05) is 13.8 Å². The number of carbonyl (C=O) groups excluding carboxylic acids is 1. The molecule has 1 N–H and O–H groups in total. The molecule has 1 spiro atoms. The van der Waals surface area contributed by atoms with Crippen molar-refractivity contribution in [3.63, 3.8) is 0 Å². The second-order valence-corrected chi connectivity index (χ2v) is 6.86. The first-order valence-electron chi connectivity index (χ1n) is 7.92. The van der Waals surface area contributed by atoms with Gasteiger partial charge in [-0.2, -0.15) is 0 Å². The van der Waals surface area contributed by atoms with E-state index in [9.17, 15) is 4.79 Å². The van der Waals surface area contributed by atoms with Gasteiger partial charge in [0.15, 0.2) is 5.79 Å². The van der Waals surface area contributed by atoms with Crippen molar-refractivity contribution in [1.82, 2.24) is 4.90 Å². The van der Waals surface area contributed by atoms with Gasteiger partial charge in [-0.3, -0.25) is 0 Å². The number of hydrogen-bond donors (Lipinski definition) is 1. The minimum atomic E-state index is -0.537. The molecule has 2 aliphatic rings. The molecule has 0 saturated carbocycles. The molecule has 2 amide bonds. The van der Waals surface area contributed by atoms with Crippen molar-refractivity contribution < 1.29 is 23.7 Å². The van der Waals surface area contributed by atoms with Crippen molar-refractivity contribution in [2.75, 3.05) is 45.8 Å². The summed E-state index contributed by atoms with van der Waals surface area (Å²) in [6, 6.07) is 5.12. The molecule has 0 radical (unpaired) electrons. The van der Waals surface area contributed by atoms with Crippen LogP contribution in [0, 0.1) is 5.41 Å². The lowest BCUT2D eigenvalue weighted by molar-refractivity contribution is -0.301. The number of nitrogens with zero attached hydrogens (tertiary/aromatic N) is 1. The summed E-state index contributed by atoms with van der Waals surface area (Å²) in [5.41, 5.74) is 0.549. The van der Waals surface area contributed by atoms with E-state index in [4.69, 9.17) is 18.9 Å². The average molecular weight is 336 g/mol. The van der Waals surface area contributed by atoms with Crippen LogP contribution in [0.5, 0.6) is 11.5 Å². The van der Waals surface area contributed by atoms with Gasteiger partial charge in [0, 0.05) is 37.0 Å². The first-order valence-corrected chi connectivity index (χ1v) is 7.92. The fourth-order valence-electron chi connectivity index (χ4n) is 2.91. The van der Waals surface area contributed by atoms with Gasteiger partial charge in [-0.05, 0) is 13.8 Å². The second-order valence-electron chi connectivity index (χ2n) is 6.86. The van der Waals surface area contributed by atoms with Crippen molar-refractivity contribution in [1.29, 1.82) is 0 Å². The number of nitrogens with one attached hydrogen (secondary N) is 1. The van der Waals surface area contributed by atoms with Gasteiger partial charge in [0.1, 0.15) is 11.5 Å². The van der Waals surface area contributed by atoms with Crippen LogP contribution in [0.2, 0.25) is 0 Å². The number of likely N-dealkylation sites (tertiary alicyclic amines) is 1. The van der Waals surface area contributed by atoms with Crippen LogP contribution >= 0.6 is 0 Å². The van der Waals surface area contributed by atoms with E-state index in [1.54, 1.807) is 37.3 Å². The van der Waals surface area contributed by atoms with Gasteiger partial charge in [-0.15, -0.1) is 0 Å². The van der Waals surface area contributed by atoms with Crippen LogP contribution in [0.25, 0.3) is 0 Å². The van der Waals surface area contributed by atoms with Gasteiger partial charge in [-0.25, -0.2) is 4.79 Å². The van der Waals surface area contributed by atoms with Crippen molar-refractivity contribution in [3.05, 3.63) is 18.2 Å². The Bertz CT molecular complexity index is 591. The van der Waals surface area contributed by atoms with E-state index in [-0.39, 0.29) is 11.4 Å². The molecule has 0 unspecified atom stereocenters. The van der Waals surface area contributed by atoms with Crippen LogP contribution in [0.3, 0.4) is 0 Å². The lowest BCUT2D eigenvalue weighted by Crippen LogP contribution is -2.66. The number of urea groups is 1. The van der Waals surface area contributed by atoms with E-state index in [2.05, 4.69) is 5.32 Å². The minimum Gasteiger partial charge on any atom is -0.497 e. The maximum Gasteiger partial charge on any atom is 0.321 e. The molecule has 2 fully saturated rings. The fraction of sp³-hybridized carbons (Fsp3) is 0.588. The predicted molar refractivity (Wildman–Crippen MR) is 88.6 cm³/mol. The molecule has 3 rings (SSSR count). The van der Waals surface area contributed by atoms with Crippen molar-refractivity contribution >= 4 is 11.7 Å². The monoisotopic (exact) mass is 336 g/mol. The SMILES string of the molecule is COc1cc(NC(=O)N2CC3(COC(C)(C)OC3)C2)cc(OC)c1. The van der Waals surface area contributed by atoms with E-state index >= 15 is 0 Å². The van der Waals surface area contributed by atoms with Crippen LogP contribution in [-0.2, 0) is 9.47 Å². The third kappa shape index (κ3) is 3.42. The van der Waals surface area contributed by atoms with Crippen molar-refractivity contribution in [3.8, 4) is 11.5 Å². The highest BCUT2D eigenvalue weighted by molar-refractivity contribution is 5.90. The van der Waals surface area contributed by atoms with Crippen LogP contribution in [-0.4, -0.2) is 57.2 Å². The Morgan fingerprint density at radius 2 is 1.62 bits per heavy atom. The quantitative estimate of drug-likeness (QED) is 0.917. The summed E-state index contributed by atoms with van der Waals surface area (Å²) in [5, 5.41) is 2.88. The summed E-state index contributed by atoms with van der Waals surface area (Å²) < 4.78 is 21.9. The molecular formula is C17H24N2O5. The van der Waals surface area contributed by atoms with Gasteiger partial charge in [0.25, 0.3) is 0 Å². The highest BCUT2D eigenvalue weighted by atomic mass is 16.7. The number of benzene rings is 1.